The number of hydrogen-bond donors (Lipinski definition) is 1. The Morgan fingerprint density at radius 3 is 2.79 bits per heavy atom. The van der Waals surface area contributed by atoms with Gasteiger partial charge in [-0.1, -0.05) is 0 Å². The van der Waals surface area contributed by atoms with Crippen molar-refractivity contribution in [3.8, 4) is 0 Å². The molecule has 2 heterocycles. The molecule has 1 unspecified atom stereocenters. The van der Waals surface area contributed by atoms with Crippen LogP contribution in [0.25, 0.3) is 0 Å². The Hall–Kier alpha value is -1.57. The molecule has 0 aliphatic carbocycles. The van der Waals surface area contributed by atoms with Gasteiger partial charge in [-0.3, -0.25) is 14.4 Å². The Labute approximate surface area is 108 Å². The summed E-state index contributed by atoms with van der Waals surface area (Å²) < 4.78 is 39.1. The van der Waals surface area contributed by atoms with Crippen LogP contribution < -0.4 is 5.73 Å². The summed E-state index contributed by atoms with van der Waals surface area (Å²) in [4.78, 5) is 12.6. The van der Waals surface area contributed by atoms with E-state index in [0.29, 0.717) is 25.2 Å². The SMILES string of the molecule is Cc1cc(C(F)(F)F)nn1C1CCN(CC(N)=O)C1. The lowest BCUT2D eigenvalue weighted by Crippen LogP contribution is -2.32. The maximum absolute atomic E-state index is 12.6. The van der Waals surface area contributed by atoms with Crippen molar-refractivity contribution in [3.05, 3.63) is 17.5 Å². The molecule has 0 spiro atoms. The molecule has 2 N–H and O–H groups in total. The van der Waals surface area contributed by atoms with Gasteiger partial charge in [0.25, 0.3) is 0 Å². The maximum atomic E-state index is 12.6. The third kappa shape index (κ3) is 3.06. The van der Waals surface area contributed by atoms with Gasteiger partial charge in [-0.25, -0.2) is 0 Å². The number of nitrogens with two attached hydrogens (primary N) is 1. The molecule has 0 saturated carbocycles. The summed E-state index contributed by atoms with van der Waals surface area (Å²) >= 11 is 0. The number of amides is 1. The van der Waals surface area contributed by atoms with E-state index in [1.54, 1.807) is 6.92 Å². The van der Waals surface area contributed by atoms with E-state index in [1.165, 1.54) is 4.68 Å². The van der Waals surface area contributed by atoms with Crippen molar-refractivity contribution in [3.63, 3.8) is 0 Å². The number of hydrogen-bond acceptors (Lipinski definition) is 3. The van der Waals surface area contributed by atoms with E-state index in [9.17, 15) is 18.0 Å². The van der Waals surface area contributed by atoms with Crippen molar-refractivity contribution in [1.82, 2.24) is 14.7 Å². The number of likely N-dealkylation sites (tertiary alicyclic amines) is 1. The van der Waals surface area contributed by atoms with Gasteiger partial charge in [0.1, 0.15) is 0 Å². The van der Waals surface area contributed by atoms with Crippen molar-refractivity contribution in [2.24, 2.45) is 5.73 Å². The zero-order chi connectivity index (χ0) is 14.2. The van der Waals surface area contributed by atoms with Crippen molar-refractivity contribution in [2.75, 3.05) is 19.6 Å². The van der Waals surface area contributed by atoms with Crippen molar-refractivity contribution >= 4 is 5.91 Å². The molecule has 1 saturated heterocycles. The molecule has 19 heavy (non-hydrogen) atoms. The van der Waals surface area contributed by atoms with Crippen LogP contribution in [-0.2, 0) is 11.0 Å². The van der Waals surface area contributed by atoms with E-state index >= 15 is 0 Å². The van der Waals surface area contributed by atoms with Gasteiger partial charge in [0.05, 0.1) is 12.6 Å². The van der Waals surface area contributed by atoms with E-state index in [0.717, 1.165) is 6.07 Å². The zero-order valence-corrected chi connectivity index (χ0v) is 10.4. The number of primary amides is 1. The molecule has 1 fully saturated rings. The number of carbonyl (C=O) groups excluding carboxylic acids is 1. The average Bonchev–Trinajstić information content (AvgIpc) is 2.82. The molecule has 0 bridgehead atoms. The number of aryl methyl sites for hydroxylation is 1. The first kappa shape index (κ1) is 13.9. The van der Waals surface area contributed by atoms with Crippen LogP contribution >= 0.6 is 0 Å². The van der Waals surface area contributed by atoms with Crippen molar-refractivity contribution in [2.45, 2.75) is 25.6 Å². The third-order valence-electron chi connectivity index (χ3n) is 3.19. The normalized spacial score (nSPS) is 20.9. The third-order valence-corrected chi connectivity index (χ3v) is 3.19. The molecule has 5 nitrogen and oxygen atoms in total. The second-order valence-corrected chi connectivity index (χ2v) is 4.76. The lowest BCUT2D eigenvalue weighted by molar-refractivity contribution is -0.141. The van der Waals surface area contributed by atoms with E-state index in [4.69, 9.17) is 5.73 Å². The number of carbonyl (C=O) groups is 1. The Morgan fingerprint density at radius 2 is 2.26 bits per heavy atom. The monoisotopic (exact) mass is 276 g/mol. The smallest absolute Gasteiger partial charge is 0.369 e. The zero-order valence-electron chi connectivity index (χ0n) is 10.4. The van der Waals surface area contributed by atoms with Gasteiger partial charge >= 0.3 is 6.18 Å². The second kappa shape index (κ2) is 4.84. The van der Waals surface area contributed by atoms with Gasteiger partial charge in [0.15, 0.2) is 5.69 Å². The molecule has 1 aliphatic rings. The Balaban J connectivity index is 2.11. The predicted molar refractivity (Wildman–Crippen MR) is 61.3 cm³/mol. The van der Waals surface area contributed by atoms with Crippen LogP contribution in [0.1, 0.15) is 23.9 Å². The Kier molecular flexibility index (Phi) is 3.53. The predicted octanol–water partition coefficient (Wildman–Crippen LogP) is 0.942. The first-order valence-corrected chi connectivity index (χ1v) is 5.91. The van der Waals surface area contributed by atoms with Gasteiger partial charge in [0.2, 0.25) is 5.91 Å². The summed E-state index contributed by atoms with van der Waals surface area (Å²) in [6.07, 6.45) is -3.77. The first-order valence-electron chi connectivity index (χ1n) is 5.91. The molecule has 1 aliphatic heterocycles. The minimum absolute atomic E-state index is 0.128. The number of rotatable bonds is 3. The highest BCUT2D eigenvalue weighted by Gasteiger charge is 2.36. The van der Waals surface area contributed by atoms with Crippen LogP contribution in [0.5, 0.6) is 0 Å². The van der Waals surface area contributed by atoms with Crippen LogP contribution in [0.4, 0.5) is 13.2 Å². The highest BCUT2D eigenvalue weighted by atomic mass is 19.4. The van der Waals surface area contributed by atoms with Gasteiger partial charge in [-0.2, -0.15) is 18.3 Å². The van der Waals surface area contributed by atoms with Crippen LogP contribution in [-0.4, -0.2) is 40.2 Å². The standard InChI is InChI=1S/C11H15F3N4O/c1-7-4-9(11(12,13)14)16-18(7)8-2-3-17(5-8)6-10(15)19/h4,8H,2-3,5-6H2,1H3,(H2,15,19). The number of alkyl halides is 3. The second-order valence-electron chi connectivity index (χ2n) is 4.76. The van der Waals surface area contributed by atoms with E-state index in [-0.39, 0.29) is 12.6 Å². The topological polar surface area (TPSA) is 64.2 Å². The number of halogens is 3. The minimum Gasteiger partial charge on any atom is -0.369 e. The lowest BCUT2D eigenvalue weighted by atomic mass is 10.2. The van der Waals surface area contributed by atoms with E-state index in [2.05, 4.69) is 5.10 Å². The van der Waals surface area contributed by atoms with Crippen LogP contribution in [0.3, 0.4) is 0 Å². The molecule has 0 aromatic carbocycles. The molecule has 1 aromatic heterocycles. The quantitative estimate of drug-likeness (QED) is 0.893. The van der Waals surface area contributed by atoms with Crippen molar-refractivity contribution in [1.29, 1.82) is 0 Å². The minimum atomic E-state index is -4.43. The molecule has 1 amide bonds. The fraction of sp³-hybridized carbons (Fsp3) is 0.636. The molecule has 1 atom stereocenters. The summed E-state index contributed by atoms with van der Waals surface area (Å²) in [7, 11) is 0. The number of nitrogens with zero attached hydrogens (tertiary/aromatic N) is 3. The van der Waals surface area contributed by atoms with Gasteiger partial charge in [-0.05, 0) is 19.4 Å². The lowest BCUT2D eigenvalue weighted by Gasteiger charge is -2.15. The Morgan fingerprint density at radius 1 is 1.58 bits per heavy atom. The molecule has 2 rings (SSSR count). The molecule has 106 valence electrons. The van der Waals surface area contributed by atoms with Crippen molar-refractivity contribution < 1.29 is 18.0 Å². The van der Waals surface area contributed by atoms with Gasteiger partial charge in [0, 0.05) is 18.8 Å². The fourth-order valence-electron chi connectivity index (χ4n) is 2.37. The molecule has 0 radical (unpaired) electrons. The van der Waals surface area contributed by atoms with Gasteiger partial charge < -0.3 is 5.73 Å². The Bertz CT molecular complexity index is 483. The number of aromatic nitrogens is 2. The summed E-state index contributed by atoms with van der Waals surface area (Å²) in [6, 6.07) is 0.895. The van der Waals surface area contributed by atoms with Crippen LogP contribution in [0.15, 0.2) is 6.07 Å². The largest absolute Gasteiger partial charge is 0.435 e. The van der Waals surface area contributed by atoms with E-state index < -0.39 is 17.8 Å². The maximum Gasteiger partial charge on any atom is 0.435 e. The summed E-state index contributed by atoms with van der Waals surface area (Å²) in [5.74, 6) is -0.436. The molecular weight excluding hydrogens is 261 g/mol. The van der Waals surface area contributed by atoms with Gasteiger partial charge in [-0.15, -0.1) is 0 Å². The fourth-order valence-corrected chi connectivity index (χ4v) is 2.37. The highest BCUT2D eigenvalue weighted by Crippen LogP contribution is 2.30. The van der Waals surface area contributed by atoms with Crippen LogP contribution in [0.2, 0.25) is 0 Å². The summed E-state index contributed by atoms with van der Waals surface area (Å²) in [6.45, 7) is 2.85. The van der Waals surface area contributed by atoms with E-state index in [1.807, 2.05) is 4.90 Å². The molecule has 8 heteroatoms. The van der Waals surface area contributed by atoms with Crippen LogP contribution in [0, 0.1) is 6.92 Å². The average molecular weight is 276 g/mol. The first-order chi connectivity index (χ1) is 8.77. The summed E-state index contributed by atoms with van der Waals surface area (Å²) in [5, 5.41) is 3.63. The highest BCUT2D eigenvalue weighted by molar-refractivity contribution is 5.75. The molecule has 1 aromatic rings. The summed E-state index contributed by atoms with van der Waals surface area (Å²) in [5.41, 5.74) is 4.69. The molecular formula is C11H15F3N4O.